The highest BCUT2D eigenvalue weighted by atomic mass is 15.2. The third kappa shape index (κ3) is 2.18. The molecule has 1 unspecified atom stereocenters. The molecule has 0 amide bonds. The van der Waals surface area contributed by atoms with Crippen molar-refractivity contribution in [1.82, 2.24) is 5.32 Å². The molecule has 3 aliphatic rings. The lowest BCUT2D eigenvalue weighted by Crippen LogP contribution is -2.30. The molecule has 94 valence electrons. The van der Waals surface area contributed by atoms with Gasteiger partial charge in [0.15, 0.2) is 0 Å². The smallest absolute Gasteiger partial charge is 0.221 e. The Bertz CT molecular complexity index is 511. The van der Waals surface area contributed by atoms with E-state index in [9.17, 15) is 0 Å². The molecule has 0 bridgehead atoms. The molecule has 2 heterocycles. The summed E-state index contributed by atoms with van der Waals surface area (Å²) >= 11 is 0. The van der Waals surface area contributed by atoms with E-state index in [0.29, 0.717) is 25.0 Å². The second-order valence-electron chi connectivity index (χ2n) is 4.72. The highest BCUT2D eigenvalue weighted by Crippen LogP contribution is 2.35. The van der Waals surface area contributed by atoms with Crippen LogP contribution in [0.15, 0.2) is 31.4 Å². The van der Waals surface area contributed by atoms with Crippen molar-refractivity contribution in [1.29, 1.82) is 0 Å². The van der Waals surface area contributed by atoms with E-state index in [4.69, 9.17) is 5.73 Å². The average molecular weight is 244 g/mol. The van der Waals surface area contributed by atoms with E-state index in [1.54, 1.807) is 0 Å². The summed E-state index contributed by atoms with van der Waals surface area (Å²) in [6.07, 6.45) is 2.80. The minimum Gasteiger partial charge on any atom is -0.368 e. The van der Waals surface area contributed by atoms with Crippen LogP contribution < -0.4 is 11.1 Å². The van der Waals surface area contributed by atoms with E-state index in [2.05, 4.69) is 32.0 Å². The zero-order chi connectivity index (χ0) is 12.5. The predicted molar refractivity (Wildman–Crippen MR) is 73.3 cm³/mol. The van der Waals surface area contributed by atoms with Crippen molar-refractivity contribution in [3.63, 3.8) is 0 Å². The molecule has 6 heteroatoms. The van der Waals surface area contributed by atoms with Gasteiger partial charge in [0.05, 0.1) is 6.54 Å². The van der Waals surface area contributed by atoms with Gasteiger partial charge >= 0.3 is 0 Å². The number of amidine groups is 1. The molecule has 0 aromatic carbocycles. The van der Waals surface area contributed by atoms with E-state index in [0.717, 1.165) is 30.9 Å². The molecule has 0 aromatic heterocycles. The van der Waals surface area contributed by atoms with Crippen LogP contribution in [0.5, 0.6) is 0 Å². The van der Waals surface area contributed by atoms with E-state index in [1.165, 1.54) is 11.3 Å². The number of nitrogens with zero attached hydrogens (tertiary/aromatic N) is 4. The molecule has 1 saturated carbocycles. The summed E-state index contributed by atoms with van der Waals surface area (Å²) in [4.78, 5) is 17.0. The fraction of sp³-hybridized carbons (Fsp3) is 0.500. The molecule has 18 heavy (non-hydrogen) atoms. The number of fused-ring (bicyclic) bond motifs is 1. The Morgan fingerprint density at radius 2 is 2.28 bits per heavy atom. The first-order chi connectivity index (χ1) is 8.76. The molecule has 0 spiro atoms. The average Bonchev–Trinajstić information content (AvgIpc) is 3.04. The van der Waals surface area contributed by atoms with E-state index >= 15 is 0 Å². The monoisotopic (exact) mass is 244 g/mol. The number of nitrogens with one attached hydrogen (secondary N) is 1. The summed E-state index contributed by atoms with van der Waals surface area (Å²) in [7, 11) is 0. The fourth-order valence-corrected chi connectivity index (χ4v) is 2.23. The summed E-state index contributed by atoms with van der Waals surface area (Å²) < 4.78 is 0. The Balaban J connectivity index is 1.79. The van der Waals surface area contributed by atoms with Crippen LogP contribution in [0.2, 0.25) is 0 Å². The fourth-order valence-electron chi connectivity index (χ4n) is 2.23. The van der Waals surface area contributed by atoms with Gasteiger partial charge in [0.2, 0.25) is 5.96 Å². The second-order valence-corrected chi connectivity index (χ2v) is 4.72. The van der Waals surface area contributed by atoms with E-state index in [1.807, 2.05) is 0 Å². The summed E-state index contributed by atoms with van der Waals surface area (Å²) in [6, 6.07) is 0. The Morgan fingerprint density at radius 1 is 1.39 bits per heavy atom. The van der Waals surface area contributed by atoms with Gasteiger partial charge in [-0.1, -0.05) is 0 Å². The second kappa shape index (κ2) is 4.36. The van der Waals surface area contributed by atoms with Crippen LogP contribution in [0.3, 0.4) is 0 Å². The van der Waals surface area contributed by atoms with Gasteiger partial charge in [-0.05, 0) is 25.1 Å². The van der Waals surface area contributed by atoms with Crippen LogP contribution in [0, 0.1) is 5.92 Å². The van der Waals surface area contributed by atoms with Crippen molar-refractivity contribution >= 4 is 24.2 Å². The molecule has 6 nitrogen and oxygen atoms in total. The third-order valence-corrected chi connectivity index (χ3v) is 3.31. The van der Waals surface area contributed by atoms with E-state index in [-0.39, 0.29) is 0 Å². The predicted octanol–water partition coefficient (Wildman–Crippen LogP) is 0.470. The molecule has 0 aromatic rings. The van der Waals surface area contributed by atoms with Crippen LogP contribution in [0.1, 0.15) is 19.3 Å². The van der Waals surface area contributed by atoms with Crippen molar-refractivity contribution in [2.75, 3.05) is 13.1 Å². The van der Waals surface area contributed by atoms with Crippen LogP contribution in [-0.2, 0) is 0 Å². The molecule has 3 N–H and O–H groups in total. The molecular formula is C12H16N6. The maximum Gasteiger partial charge on any atom is 0.221 e. The van der Waals surface area contributed by atoms with Crippen LogP contribution >= 0.6 is 0 Å². The molecule has 3 rings (SSSR count). The van der Waals surface area contributed by atoms with Gasteiger partial charge in [0.1, 0.15) is 11.7 Å². The van der Waals surface area contributed by atoms with Crippen LogP contribution in [-0.4, -0.2) is 37.3 Å². The molecular weight excluding hydrogens is 228 g/mol. The Morgan fingerprint density at radius 3 is 3.11 bits per heavy atom. The van der Waals surface area contributed by atoms with Crippen LogP contribution in [0.4, 0.5) is 0 Å². The SMILES string of the molecule is C=NCCC1=NCC2=C(/N=C(N)\N=C3\CC3C2)N1. The molecule has 2 aliphatic heterocycles. The molecule has 0 radical (unpaired) electrons. The quantitative estimate of drug-likeness (QED) is 0.707. The lowest BCUT2D eigenvalue weighted by atomic mass is 10.1. The number of rotatable bonds is 3. The van der Waals surface area contributed by atoms with Gasteiger partial charge in [0, 0.05) is 24.6 Å². The molecule has 1 fully saturated rings. The van der Waals surface area contributed by atoms with Crippen molar-refractivity contribution in [3.8, 4) is 0 Å². The zero-order valence-corrected chi connectivity index (χ0v) is 10.2. The van der Waals surface area contributed by atoms with Gasteiger partial charge in [-0.2, -0.15) is 4.99 Å². The van der Waals surface area contributed by atoms with Gasteiger partial charge in [-0.25, -0.2) is 4.99 Å². The normalized spacial score (nSPS) is 31.3. The number of aliphatic imine (C=N–C) groups is 4. The Labute approximate surface area is 106 Å². The van der Waals surface area contributed by atoms with Crippen LogP contribution in [0.25, 0.3) is 0 Å². The maximum absolute atomic E-state index is 5.79. The largest absolute Gasteiger partial charge is 0.368 e. The summed E-state index contributed by atoms with van der Waals surface area (Å²) in [6.45, 7) is 4.84. The Hall–Kier alpha value is -1.98. The van der Waals surface area contributed by atoms with Gasteiger partial charge in [0.25, 0.3) is 0 Å². The summed E-state index contributed by atoms with van der Waals surface area (Å²) in [5, 5.41) is 3.23. The molecule has 0 saturated heterocycles. The highest BCUT2D eigenvalue weighted by Gasteiger charge is 2.35. The first-order valence-corrected chi connectivity index (χ1v) is 6.12. The van der Waals surface area contributed by atoms with E-state index < -0.39 is 0 Å². The molecule has 1 aliphatic carbocycles. The van der Waals surface area contributed by atoms with Gasteiger partial charge in [-0.15, -0.1) is 0 Å². The number of guanidine groups is 1. The summed E-state index contributed by atoms with van der Waals surface area (Å²) in [5.41, 5.74) is 8.19. The maximum atomic E-state index is 5.79. The van der Waals surface area contributed by atoms with Gasteiger partial charge < -0.3 is 16.0 Å². The number of hydrogen-bond donors (Lipinski definition) is 2. The standard InChI is InChI=1S/C12H16N6/c1-14-3-2-10-15-6-8-4-7-5-9(7)16-12(13)18-11(8)17-10/h7H,1-6H2,(H2,13,18)(H,15,17)/b16-9-. The first-order valence-electron chi connectivity index (χ1n) is 6.12. The van der Waals surface area contributed by atoms with Crippen molar-refractivity contribution < 1.29 is 0 Å². The van der Waals surface area contributed by atoms with Crippen molar-refractivity contribution in [2.24, 2.45) is 31.6 Å². The lowest BCUT2D eigenvalue weighted by Gasteiger charge is -2.20. The first kappa shape index (κ1) is 11.1. The highest BCUT2D eigenvalue weighted by molar-refractivity contribution is 6.08. The van der Waals surface area contributed by atoms with Crippen molar-refractivity contribution in [2.45, 2.75) is 19.3 Å². The lowest BCUT2D eigenvalue weighted by molar-refractivity contribution is 0.777. The minimum atomic E-state index is 0.343. The number of nitrogens with two attached hydrogens (primary N) is 1. The van der Waals surface area contributed by atoms with Crippen molar-refractivity contribution in [3.05, 3.63) is 11.4 Å². The minimum absolute atomic E-state index is 0.343. The molecule has 1 atom stereocenters. The summed E-state index contributed by atoms with van der Waals surface area (Å²) in [5.74, 6) is 2.63. The third-order valence-electron chi connectivity index (χ3n) is 3.31. The number of hydrogen-bond acceptors (Lipinski definition) is 6. The van der Waals surface area contributed by atoms with Gasteiger partial charge in [-0.3, -0.25) is 4.99 Å². The topological polar surface area (TPSA) is 87.5 Å². The zero-order valence-electron chi connectivity index (χ0n) is 10.2. The Kier molecular flexibility index (Phi) is 2.70.